The van der Waals surface area contributed by atoms with Crippen molar-refractivity contribution < 1.29 is 18.6 Å². The predicted molar refractivity (Wildman–Crippen MR) is 96.9 cm³/mol. The van der Waals surface area contributed by atoms with E-state index in [1.165, 1.54) is 6.20 Å². The fraction of sp³-hybridized carbons (Fsp3) is 0.400. The summed E-state index contributed by atoms with van der Waals surface area (Å²) in [7, 11) is 0. The number of hydrogen-bond donors (Lipinski definition) is 1. The second kappa shape index (κ2) is 5.66. The van der Waals surface area contributed by atoms with Gasteiger partial charge >= 0.3 is 0 Å². The fourth-order valence-corrected chi connectivity index (χ4v) is 4.45. The van der Waals surface area contributed by atoms with Crippen LogP contribution in [0.5, 0.6) is 5.75 Å². The van der Waals surface area contributed by atoms with Crippen LogP contribution in [-0.4, -0.2) is 35.9 Å². The SMILES string of the molecule is C[C@]12OCCC[C@@H]1Oc1ccc(-c3cccnc3F)cc1C21COC(N)=N1. The molecule has 140 valence electrons. The highest BCUT2D eigenvalue weighted by Gasteiger charge is 2.63. The number of amidine groups is 1. The summed E-state index contributed by atoms with van der Waals surface area (Å²) < 4.78 is 32.3. The van der Waals surface area contributed by atoms with Crippen LogP contribution in [0, 0.1) is 5.95 Å². The molecule has 1 aromatic carbocycles. The summed E-state index contributed by atoms with van der Waals surface area (Å²) in [5.41, 5.74) is 6.28. The van der Waals surface area contributed by atoms with Gasteiger partial charge in [0.2, 0.25) is 5.95 Å². The number of pyridine rings is 1. The quantitative estimate of drug-likeness (QED) is 0.782. The van der Waals surface area contributed by atoms with Gasteiger partial charge in [-0.2, -0.15) is 4.39 Å². The molecule has 0 saturated carbocycles. The number of rotatable bonds is 1. The van der Waals surface area contributed by atoms with Crippen molar-refractivity contribution in [3.05, 3.63) is 48.0 Å². The summed E-state index contributed by atoms with van der Waals surface area (Å²) >= 11 is 0. The molecular formula is C20H20FN3O3. The molecule has 3 aliphatic rings. The van der Waals surface area contributed by atoms with Gasteiger partial charge in [0.1, 0.15) is 24.1 Å². The van der Waals surface area contributed by atoms with E-state index in [9.17, 15) is 4.39 Å². The molecule has 6 nitrogen and oxygen atoms in total. The van der Waals surface area contributed by atoms with Gasteiger partial charge in [0.25, 0.3) is 6.02 Å². The molecule has 1 saturated heterocycles. The first-order chi connectivity index (χ1) is 13.0. The van der Waals surface area contributed by atoms with Crippen molar-refractivity contribution in [3.63, 3.8) is 0 Å². The van der Waals surface area contributed by atoms with Crippen molar-refractivity contribution in [3.8, 4) is 16.9 Å². The standard InChI is InChI=1S/C20H20FN3O3/c1-19-16(5-3-9-26-19)27-15-7-6-12(13-4-2-8-23-17(13)21)10-14(15)20(19)11-25-18(22)24-20/h2,4,6-8,10,16H,3,5,9,11H2,1H3,(H2,22,24)/t16-,19-,20?/m0/s1. The van der Waals surface area contributed by atoms with Crippen LogP contribution in [0.15, 0.2) is 41.5 Å². The van der Waals surface area contributed by atoms with Crippen LogP contribution in [0.3, 0.4) is 0 Å². The van der Waals surface area contributed by atoms with Crippen LogP contribution in [0.2, 0.25) is 0 Å². The number of nitrogens with two attached hydrogens (primary N) is 1. The number of benzene rings is 1. The molecule has 1 spiro atoms. The summed E-state index contributed by atoms with van der Waals surface area (Å²) in [5, 5.41) is 0. The maximum absolute atomic E-state index is 14.2. The Labute approximate surface area is 156 Å². The lowest BCUT2D eigenvalue weighted by molar-refractivity contribution is -0.188. The highest BCUT2D eigenvalue weighted by Crippen LogP contribution is 2.54. The van der Waals surface area contributed by atoms with Gasteiger partial charge < -0.3 is 19.9 Å². The molecule has 0 amide bonds. The highest BCUT2D eigenvalue weighted by atomic mass is 19.1. The number of aromatic nitrogens is 1. The van der Waals surface area contributed by atoms with Crippen molar-refractivity contribution in [1.29, 1.82) is 0 Å². The first kappa shape index (κ1) is 16.5. The number of nitrogens with zero attached hydrogens (tertiary/aromatic N) is 2. The Morgan fingerprint density at radius 3 is 2.96 bits per heavy atom. The van der Waals surface area contributed by atoms with E-state index in [1.807, 2.05) is 25.1 Å². The number of hydrogen-bond acceptors (Lipinski definition) is 6. The first-order valence-electron chi connectivity index (χ1n) is 9.08. The Balaban J connectivity index is 1.73. The Hall–Kier alpha value is -2.67. The second-order valence-corrected chi connectivity index (χ2v) is 7.36. The number of aliphatic imine (C=N–C) groups is 1. The summed E-state index contributed by atoms with van der Waals surface area (Å²) in [6, 6.07) is 9.12. The summed E-state index contributed by atoms with van der Waals surface area (Å²) in [5.74, 6) is 0.185. The minimum Gasteiger partial charge on any atom is -0.487 e. The van der Waals surface area contributed by atoms with Gasteiger partial charge in [0, 0.05) is 23.9 Å². The predicted octanol–water partition coefficient (Wildman–Crippen LogP) is 2.76. The van der Waals surface area contributed by atoms with Gasteiger partial charge in [0.05, 0.1) is 0 Å². The van der Waals surface area contributed by atoms with Crippen molar-refractivity contribution in [2.45, 2.75) is 37.0 Å². The molecule has 1 fully saturated rings. The normalized spacial score (nSPS) is 31.5. The molecular weight excluding hydrogens is 349 g/mol. The fourth-order valence-electron chi connectivity index (χ4n) is 4.45. The first-order valence-corrected chi connectivity index (χ1v) is 9.08. The zero-order chi connectivity index (χ0) is 18.6. The molecule has 1 aromatic heterocycles. The van der Waals surface area contributed by atoms with Crippen LogP contribution in [0.4, 0.5) is 4.39 Å². The van der Waals surface area contributed by atoms with E-state index in [-0.39, 0.29) is 18.7 Å². The molecule has 3 aliphatic heterocycles. The molecule has 1 unspecified atom stereocenters. The average Bonchev–Trinajstić information content (AvgIpc) is 3.07. The molecule has 7 heteroatoms. The van der Waals surface area contributed by atoms with Gasteiger partial charge in [-0.15, -0.1) is 0 Å². The molecule has 0 bridgehead atoms. The van der Waals surface area contributed by atoms with E-state index in [1.54, 1.807) is 12.1 Å². The van der Waals surface area contributed by atoms with Gasteiger partial charge in [0.15, 0.2) is 5.54 Å². The minimum absolute atomic E-state index is 0.134. The minimum atomic E-state index is -0.829. The molecule has 2 aromatic rings. The molecule has 4 heterocycles. The Bertz CT molecular complexity index is 950. The molecule has 0 radical (unpaired) electrons. The summed E-state index contributed by atoms with van der Waals surface area (Å²) in [6.07, 6.45) is 3.06. The third-order valence-corrected chi connectivity index (χ3v) is 5.94. The van der Waals surface area contributed by atoms with Crippen molar-refractivity contribution in [2.75, 3.05) is 13.2 Å². The van der Waals surface area contributed by atoms with E-state index >= 15 is 0 Å². The monoisotopic (exact) mass is 369 g/mol. The number of ether oxygens (including phenoxy) is 3. The highest BCUT2D eigenvalue weighted by molar-refractivity contribution is 5.76. The summed E-state index contributed by atoms with van der Waals surface area (Å²) in [4.78, 5) is 8.44. The van der Waals surface area contributed by atoms with Crippen LogP contribution < -0.4 is 10.5 Å². The zero-order valence-corrected chi connectivity index (χ0v) is 14.9. The van der Waals surface area contributed by atoms with E-state index in [0.29, 0.717) is 23.5 Å². The zero-order valence-electron chi connectivity index (χ0n) is 14.9. The third-order valence-electron chi connectivity index (χ3n) is 5.94. The van der Waals surface area contributed by atoms with Crippen LogP contribution in [0.1, 0.15) is 25.3 Å². The van der Waals surface area contributed by atoms with Gasteiger partial charge in [-0.3, -0.25) is 0 Å². The van der Waals surface area contributed by atoms with E-state index in [4.69, 9.17) is 24.9 Å². The molecule has 0 aliphatic carbocycles. The maximum atomic E-state index is 14.2. The number of fused-ring (bicyclic) bond motifs is 4. The van der Waals surface area contributed by atoms with Crippen LogP contribution in [0.25, 0.3) is 11.1 Å². The lowest BCUT2D eigenvalue weighted by Gasteiger charge is -2.53. The molecule has 3 atom stereocenters. The van der Waals surface area contributed by atoms with E-state index < -0.39 is 17.1 Å². The second-order valence-electron chi connectivity index (χ2n) is 7.36. The molecule has 27 heavy (non-hydrogen) atoms. The lowest BCUT2D eigenvalue weighted by atomic mass is 9.69. The van der Waals surface area contributed by atoms with Crippen molar-refractivity contribution in [2.24, 2.45) is 10.7 Å². The van der Waals surface area contributed by atoms with Gasteiger partial charge in [-0.1, -0.05) is 6.07 Å². The Morgan fingerprint density at radius 1 is 1.30 bits per heavy atom. The molecule has 2 N–H and O–H groups in total. The average molecular weight is 369 g/mol. The van der Waals surface area contributed by atoms with E-state index in [0.717, 1.165) is 18.4 Å². The van der Waals surface area contributed by atoms with Crippen LogP contribution in [-0.2, 0) is 15.0 Å². The van der Waals surface area contributed by atoms with Gasteiger partial charge in [-0.05, 0) is 49.6 Å². The summed E-state index contributed by atoms with van der Waals surface area (Å²) in [6.45, 7) is 2.89. The topological polar surface area (TPSA) is 79.0 Å². The Morgan fingerprint density at radius 2 is 2.19 bits per heavy atom. The van der Waals surface area contributed by atoms with Gasteiger partial charge in [-0.25, -0.2) is 9.98 Å². The van der Waals surface area contributed by atoms with E-state index in [2.05, 4.69) is 4.98 Å². The third kappa shape index (κ3) is 2.21. The number of halogens is 1. The smallest absolute Gasteiger partial charge is 0.283 e. The molecule has 5 rings (SSSR count). The van der Waals surface area contributed by atoms with Crippen molar-refractivity contribution in [1.82, 2.24) is 4.98 Å². The van der Waals surface area contributed by atoms with Crippen LogP contribution >= 0.6 is 0 Å². The lowest BCUT2D eigenvalue weighted by Crippen LogP contribution is -2.64. The maximum Gasteiger partial charge on any atom is 0.283 e. The largest absolute Gasteiger partial charge is 0.487 e. The Kier molecular flexibility index (Phi) is 3.46. The van der Waals surface area contributed by atoms with Crippen molar-refractivity contribution >= 4 is 6.02 Å².